The SMILES string of the molecule is CCCC[N+](CCCC)(CCCC)CC(CC=O)OP(=O)(O)OC(CCCCC=O)C[N+](CCC)(CCC)CCC. The molecule has 0 aliphatic heterocycles. The average molecular weight is 607 g/mol. The summed E-state index contributed by atoms with van der Waals surface area (Å²) in [6.07, 6.45) is 12.8. The molecule has 8 nitrogen and oxygen atoms in total. The summed E-state index contributed by atoms with van der Waals surface area (Å²) in [4.78, 5) is 33.7. The molecule has 3 atom stereocenters. The van der Waals surface area contributed by atoms with Gasteiger partial charge in [-0.15, -0.1) is 0 Å². The Bertz CT molecular complexity index is 669. The molecule has 0 radical (unpaired) electrons. The molecule has 0 aromatic heterocycles. The van der Waals surface area contributed by atoms with Crippen LogP contribution in [0.2, 0.25) is 0 Å². The lowest BCUT2D eigenvalue weighted by atomic mass is 10.1. The van der Waals surface area contributed by atoms with Gasteiger partial charge in [-0.2, -0.15) is 0 Å². The van der Waals surface area contributed by atoms with E-state index >= 15 is 0 Å². The zero-order valence-electron chi connectivity index (χ0n) is 27.7. The van der Waals surface area contributed by atoms with Crippen LogP contribution in [0.15, 0.2) is 0 Å². The van der Waals surface area contributed by atoms with E-state index in [2.05, 4.69) is 41.5 Å². The molecule has 9 heteroatoms. The van der Waals surface area contributed by atoms with Gasteiger partial charge in [-0.1, -0.05) is 67.2 Å². The molecule has 244 valence electrons. The van der Waals surface area contributed by atoms with Gasteiger partial charge in [-0.25, -0.2) is 4.57 Å². The van der Waals surface area contributed by atoms with Gasteiger partial charge in [0.15, 0.2) is 0 Å². The number of hydrogen-bond donors (Lipinski definition) is 1. The highest BCUT2D eigenvalue weighted by molar-refractivity contribution is 7.47. The maximum absolute atomic E-state index is 13.6. The molecule has 0 fully saturated rings. The predicted octanol–water partition coefficient (Wildman–Crippen LogP) is 7.47. The van der Waals surface area contributed by atoms with E-state index in [4.69, 9.17) is 9.05 Å². The molecule has 0 saturated carbocycles. The van der Waals surface area contributed by atoms with E-state index in [-0.39, 0.29) is 6.42 Å². The van der Waals surface area contributed by atoms with Gasteiger partial charge in [0, 0.05) is 12.8 Å². The average Bonchev–Trinajstić information content (AvgIpc) is 2.92. The zero-order valence-corrected chi connectivity index (χ0v) is 28.6. The van der Waals surface area contributed by atoms with Gasteiger partial charge in [-0.05, 0) is 51.4 Å². The van der Waals surface area contributed by atoms with E-state index in [1.54, 1.807) is 0 Å². The summed E-state index contributed by atoms with van der Waals surface area (Å²) in [6.45, 7) is 20.2. The van der Waals surface area contributed by atoms with Gasteiger partial charge in [-0.3, -0.25) is 9.05 Å². The molecule has 0 spiro atoms. The maximum Gasteiger partial charge on any atom is 0.473 e. The summed E-state index contributed by atoms with van der Waals surface area (Å²) in [5.41, 5.74) is 0. The summed E-state index contributed by atoms with van der Waals surface area (Å²) in [6, 6.07) is 0. The fourth-order valence-corrected chi connectivity index (χ4v) is 7.55. The fraction of sp³-hybridized carbons (Fsp3) is 0.938. The highest BCUT2D eigenvalue weighted by Gasteiger charge is 2.38. The van der Waals surface area contributed by atoms with Crippen LogP contribution in [0.3, 0.4) is 0 Å². The number of phosphoric ester groups is 1. The third-order valence-corrected chi connectivity index (χ3v) is 9.38. The lowest BCUT2D eigenvalue weighted by Crippen LogP contribution is -2.54. The first-order valence-electron chi connectivity index (χ1n) is 16.9. The molecular weight excluding hydrogens is 539 g/mol. The van der Waals surface area contributed by atoms with Crippen LogP contribution < -0.4 is 0 Å². The molecule has 0 amide bonds. The summed E-state index contributed by atoms with van der Waals surface area (Å²) < 4.78 is 27.2. The standard InChI is InChI=1S/C32H66N2O6P/c1-7-13-24-34(25-14-8-2,26-15-9-3)30-32(20-28-36)40-41(37,38)39-31(19-17-16-18-27-35)29-33(21-10-4,22-11-5)23-12-6/h27-28,31-32H,7-26,29-30H2,1-6H3/q+1/p+1. The van der Waals surface area contributed by atoms with E-state index in [0.29, 0.717) is 25.9 Å². The molecule has 0 rings (SSSR count). The molecule has 0 aromatic rings. The highest BCUT2D eigenvalue weighted by atomic mass is 31.2. The van der Waals surface area contributed by atoms with E-state index in [9.17, 15) is 19.0 Å². The van der Waals surface area contributed by atoms with Crippen molar-refractivity contribution in [2.75, 3.05) is 52.4 Å². The summed E-state index contributed by atoms with van der Waals surface area (Å²) in [5.74, 6) is 0. The zero-order chi connectivity index (χ0) is 31.0. The van der Waals surface area contributed by atoms with Crippen molar-refractivity contribution in [1.82, 2.24) is 0 Å². The molecule has 0 aliphatic rings. The van der Waals surface area contributed by atoms with Crippen LogP contribution >= 0.6 is 7.82 Å². The van der Waals surface area contributed by atoms with Crippen molar-refractivity contribution in [3.05, 3.63) is 0 Å². The maximum atomic E-state index is 13.6. The van der Waals surface area contributed by atoms with Crippen LogP contribution in [0.4, 0.5) is 0 Å². The van der Waals surface area contributed by atoms with Crippen molar-refractivity contribution in [2.24, 2.45) is 0 Å². The van der Waals surface area contributed by atoms with Gasteiger partial charge >= 0.3 is 7.82 Å². The number of carbonyl (C=O) groups is 2. The molecule has 0 saturated heterocycles. The van der Waals surface area contributed by atoms with E-state index in [1.807, 2.05) is 0 Å². The van der Waals surface area contributed by atoms with Crippen LogP contribution in [-0.4, -0.2) is 91.0 Å². The normalized spacial score (nSPS) is 15.4. The first kappa shape index (κ1) is 40.4. The Morgan fingerprint density at radius 3 is 1.46 bits per heavy atom. The Morgan fingerprint density at radius 2 is 1.05 bits per heavy atom. The molecule has 0 bridgehead atoms. The van der Waals surface area contributed by atoms with Crippen molar-refractivity contribution in [3.8, 4) is 0 Å². The van der Waals surface area contributed by atoms with Crippen molar-refractivity contribution < 1.29 is 37.1 Å². The summed E-state index contributed by atoms with van der Waals surface area (Å²) in [5, 5.41) is 0. The van der Waals surface area contributed by atoms with Crippen molar-refractivity contribution in [2.45, 2.75) is 144 Å². The molecule has 1 N–H and O–H groups in total. The minimum Gasteiger partial charge on any atom is -0.321 e. The number of hydrogen-bond acceptors (Lipinski definition) is 5. The first-order valence-corrected chi connectivity index (χ1v) is 18.4. The van der Waals surface area contributed by atoms with Crippen molar-refractivity contribution >= 4 is 20.4 Å². The molecule has 0 heterocycles. The van der Waals surface area contributed by atoms with E-state index in [1.165, 1.54) is 0 Å². The van der Waals surface area contributed by atoms with Crippen LogP contribution in [0.25, 0.3) is 0 Å². The number of nitrogens with zero attached hydrogens (tertiary/aromatic N) is 2. The summed E-state index contributed by atoms with van der Waals surface area (Å²) in [7, 11) is -4.45. The van der Waals surface area contributed by atoms with Gasteiger partial charge in [0.1, 0.15) is 37.9 Å². The first-order chi connectivity index (χ1) is 19.6. The lowest BCUT2D eigenvalue weighted by molar-refractivity contribution is -0.931. The number of aldehydes is 2. The number of phosphoric acid groups is 1. The molecule has 3 unspecified atom stereocenters. The smallest absolute Gasteiger partial charge is 0.321 e. The Balaban J connectivity index is 6.03. The van der Waals surface area contributed by atoms with Gasteiger partial charge in [0.05, 0.1) is 39.3 Å². The van der Waals surface area contributed by atoms with Crippen LogP contribution in [0.5, 0.6) is 0 Å². The van der Waals surface area contributed by atoms with Crippen molar-refractivity contribution in [1.29, 1.82) is 0 Å². The Kier molecular flexibility index (Phi) is 23.4. The van der Waals surface area contributed by atoms with Gasteiger partial charge in [0.2, 0.25) is 0 Å². The van der Waals surface area contributed by atoms with Crippen molar-refractivity contribution in [3.63, 3.8) is 0 Å². The largest absolute Gasteiger partial charge is 0.473 e. The fourth-order valence-electron chi connectivity index (χ4n) is 6.42. The van der Waals surface area contributed by atoms with Crippen LogP contribution in [-0.2, 0) is 23.2 Å². The number of unbranched alkanes of at least 4 members (excludes halogenated alkanes) is 5. The Hall–Kier alpha value is -0.630. The minimum atomic E-state index is -4.45. The molecule has 0 aromatic carbocycles. The molecule has 41 heavy (non-hydrogen) atoms. The quantitative estimate of drug-likeness (QED) is 0.0395. The molecule has 0 aliphatic carbocycles. The minimum absolute atomic E-state index is 0.0732. The molecular formula is C32H67N2O6P+2. The van der Waals surface area contributed by atoms with Crippen LogP contribution in [0.1, 0.15) is 131 Å². The lowest BCUT2D eigenvalue weighted by Gasteiger charge is -2.42. The second-order valence-electron chi connectivity index (χ2n) is 12.2. The van der Waals surface area contributed by atoms with E-state index in [0.717, 1.165) is 131 Å². The number of carbonyl (C=O) groups excluding carboxylic acids is 2. The summed E-state index contributed by atoms with van der Waals surface area (Å²) >= 11 is 0. The van der Waals surface area contributed by atoms with E-state index < -0.39 is 20.0 Å². The third kappa shape index (κ3) is 17.9. The Labute approximate surface area is 253 Å². The van der Waals surface area contributed by atoms with Gasteiger partial charge < -0.3 is 23.4 Å². The predicted molar refractivity (Wildman–Crippen MR) is 170 cm³/mol. The second-order valence-corrected chi connectivity index (χ2v) is 13.6. The van der Waals surface area contributed by atoms with Crippen LogP contribution in [0, 0.1) is 0 Å². The third-order valence-electron chi connectivity index (χ3n) is 8.26. The monoisotopic (exact) mass is 606 g/mol. The number of rotatable bonds is 30. The topological polar surface area (TPSA) is 89.9 Å². The second kappa shape index (κ2) is 23.8. The highest BCUT2D eigenvalue weighted by Crippen LogP contribution is 2.47. The van der Waals surface area contributed by atoms with Gasteiger partial charge in [0.25, 0.3) is 0 Å². The number of quaternary nitrogens is 2. The Morgan fingerprint density at radius 1 is 0.610 bits per heavy atom.